The van der Waals surface area contributed by atoms with Crippen molar-refractivity contribution >= 4 is 40.8 Å². The number of fused-ring (bicyclic) bond motifs is 1. The van der Waals surface area contributed by atoms with Crippen molar-refractivity contribution < 1.29 is 19.4 Å². The van der Waals surface area contributed by atoms with E-state index >= 15 is 0 Å². The maximum Gasteiger partial charge on any atom is 0.307 e. The molecule has 1 aromatic heterocycles. The molecule has 1 amide bonds. The van der Waals surface area contributed by atoms with Crippen molar-refractivity contribution in [3.8, 4) is 33.7 Å². The molecule has 8 nitrogen and oxygen atoms in total. The monoisotopic (exact) mass is 562 g/mol. The molecule has 0 fully saturated rings. The van der Waals surface area contributed by atoms with Gasteiger partial charge in [0.05, 0.1) is 29.9 Å². The zero-order valence-electron chi connectivity index (χ0n) is 21.8. The molecule has 2 N–H and O–H groups in total. The fraction of sp³-hybridized carbons (Fsp3) is 0.0625. The van der Waals surface area contributed by atoms with Crippen LogP contribution in [0.3, 0.4) is 0 Å². The lowest BCUT2D eigenvalue weighted by molar-refractivity contribution is -0.136. The van der Waals surface area contributed by atoms with Crippen LogP contribution in [0.1, 0.15) is 16.7 Å². The first-order valence-electron chi connectivity index (χ1n) is 12.7. The molecule has 6 rings (SSSR count). The van der Waals surface area contributed by atoms with Crippen LogP contribution in [0, 0.1) is 0 Å². The van der Waals surface area contributed by atoms with Gasteiger partial charge in [0.1, 0.15) is 18.4 Å². The molecule has 0 atom stereocenters. The van der Waals surface area contributed by atoms with E-state index in [2.05, 4.69) is 15.4 Å². The van der Waals surface area contributed by atoms with Crippen LogP contribution in [-0.4, -0.2) is 38.9 Å². The number of aromatic nitrogens is 3. The van der Waals surface area contributed by atoms with E-state index in [1.165, 1.54) is 13.4 Å². The van der Waals surface area contributed by atoms with Crippen LogP contribution in [0.2, 0.25) is 5.02 Å². The van der Waals surface area contributed by atoms with Gasteiger partial charge >= 0.3 is 5.97 Å². The second-order valence-electron chi connectivity index (χ2n) is 9.50. The quantitative estimate of drug-likeness (QED) is 0.223. The molecule has 2 heterocycles. The molecule has 0 spiro atoms. The lowest BCUT2D eigenvalue weighted by Gasteiger charge is -2.10. The molecule has 0 saturated carbocycles. The molecule has 4 aromatic carbocycles. The Bertz CT molecular complexity index is 1810. The smallest absolute Gasteiger partial charge is 0.307 e. The predicted molar refractivity (Wildman–Crippen MR) is 158 cm³/mol. The van der Waals surface area contributed by atoms with Crippen LogP contribution >= 0.6 is 11.6 Å². The Kier molecular flexibility index (Phi) is 6.83. The molecule has 5 aromatic rings. The zero-order valence-corrected chi connectivity index (χ0v) is 22.6. The van der Waals surface area contributed by atoms with Crippen molar-refractivity contribution in [3.63, 3.8) is 0 Å². The summed E-state index contributed by atoms with van der Waals surface area (Å²) in [5.41, 5.74) is 7.76. The van der Waals surface area contributed by atoms with E-state index in [-0.39, 0.29) is 12.3 Å². The van der Waals surface area contributed by atoms with E-state index < -0.39 is 5.97 Å². The van der Waals surface area contributed by atoms with Gasteiger partial charge in [-0.25, -0.2) is 9.67 Å². The number of halogens is 1. The normalized spacial score (nSPS) is 13.2. The van der Waals surface area contributed by atoms with Crippen LogP contribution in [0.25, 0.3) is 39.6 Å². The van der Waals surface area contributed by atoms with Crippen molar-refractivity contribution in [3.05, 3.63) is 113 Å². The number of carbonyl (C=O) groups excluding carboxylic acids is 1. The number of amides is 1. The number of benzene rings is 4. The molecule has 0 radical (unpaired) electrons. The van der Waals surface area contributed by atoms with Gasteiger partial charge in [-0.3, -0.25) is 9.59 Å². The number of carboxylic acid groups (broad SMARTS) is 1. The summed E-state index contributed by atoms with van der Waals surface area (Å²) >= 11 is 6.67. The maximum atomic E-state index is 12.9. The summed E-state index contributed by atoms with van der Waals surface area (Å²) in [5, 5.41) is 16.8. The zero-order chi connectivity index (χ0) is 28.5. The van der Waals surface area contributed by atoms with Crippen LogP contribution < -0.4 is 10.1 Å². The van der Waals surface area contributed by atoms with Crippen LogP contribution in [-0.2, 0) is 16.0 Å². The van der Waals surface area contributed by atoms with Crippen LogP contribution in [0.15, 0.2) is 91.5 Å². The fourth-order valence-electron chi connectivity index (χ4n) is 4.92. The average molecular weight is 563 g/mol. The highest BCUT2D eigenvalue weighted by Gasteiger charge is 2.26. The van der Waals surface area contributed by atoms with E-state index in [0.717, 1.165) is 33.5 Å². The summed E-state index contributed by atoms with van der Waals surface area (Å²) in [6, 6.07) is 25.0. The van der Waals surface area contributed by atoms with E-state index in [4.69, 9.17) is 16.3 Å². The molecule has 9 heteroatoms. The number of rotatable bonds is 7. The highest BCUT2D eigenvalue weighted by atomic mass is 35.5. The molecular weight excluding hydrogens is 540 g/mol. The molecular formula is C32H23ClN4O4. The Morgan fingerprint density at radius 1 is 0.976 bits per heavy atom. The Morgan fingerprint density at radius 3 is 2.34 bits per heavy atom. The average Bonchev–Trinajstić information content (AvgIpc) is 3.61. The minimum Gasteiger partial charge on any atom is -0.496 e. The molecule has 1 aliphatic rings. The number of methoxy groups -OCH3 is 1. The lowest BCUT2D eigenvalue weighted by Crippen LogP contribution is -2.04. The molecule has 1 aliphatic heterocycles. The highest BCUT2D eigenvalue weighted by Crippen LogP contribution is 2.41. The second kappa shape index (κ2) is 10.7. The SMILES string of the molecule is COc1ccc(/C=C2/C(=O)Nc3cc(Cl)c(-c4ccc(-c5ccc(-n6cncn6)cc5)cc4)cc32)cc1CC(=O)O. The topological polar surface area (TPSA) is 106 Å². The number of nitrogens with zero attached hydrogens (tertiary/aromatic N) is 3. The first-order valence-corrected chi connectivity index (χ1v) is 13.1. The van der Waals surface area contributed by atoms with Crippen LogP contribution in [0.4, 0.5) is 5.69 Å². The standard InChI is InChI=1S/C32H23ClN4O4/c1-41-30-11-2-19(12-23(30)14-31(38)39)13-27-26-15-25(28(33)16-29(26)36-32(27)40)22-5-3-20(4-6-22)21-7-9-24(10-8-21)37-18-34-17-35-37/h2-13,15-18H,14H2,1H3,(H,36,40)(H,38,39)/b27-13+. The Labute approximate surface area is 240 Å². The van der Waals surface area contributed by atoms with Crippen molar-refractivity contribution in [2.45, 2.75) is 6.42 Å². The summed E-state index contributed by atoms with van der Waals surface area (Å²) in [5.74, 6) is -0.742. The molecule has 0 unspecified atom stereocenters. The van der Waals surface area contributed by atoms with Crippen LogP contribution in [0.5, 0.6) is 5.75 Å². The summed E-state index contributed by atoms with van der Waals surface area (Å²) in [6.07, 6.45) is 4.71. The number of hydrogen-bond acceptors (Lipinski definition) is 5. The molecule has 41 heavy (non-hydrogen) atoms. The van der Waals surface area contributed by atoms with Crippen molar-refractivity contribution in [2.75, 3.05) is 12.4 Å². The summed E-state index contributed by atoms with van der Waals surface area (Å²) in [7, 11) is 1.49. The van der Waals surface area contributed by atoms with Gasteiger partial charge in [0.15, 0.2) is 0 Å². The number of nitrogens with one attached hydrogen (secondary N) is 1. The van der Waals surface area contributed by atoms with Gasteiger partial charge in [0.25, 0.3) is 5.91 Å². The first-order chi connectivity index (χ1) is 19.9. The number of hydrogen-bond donors (Lipinski definition) is 2. The third kappa shape index (κ3) is 5.20. The lowest BCUT2D eigenvalue weighted by atomic mass is 9.96. The number of ether oxygens (including phenoxy) is 1. The van der Waals surface area contributed by atoms with E-state index in [0.29, 0.717) is 33.2 Å². The van der Waals surface area contributed by atoms with Gasteiger partial charge in [-0.1, -0.05) is 54.1 Å². The number of carbonyl (C=O) groups is 2. The molecule has 0 bridgehead atoms. The van der Waals surface area contributed by atoms with E-state index in [9.17, 15) is 14.7 Å². The number of anilines is 1. The number of carboxylic acids is 1. The minimum absolute atomic E-state index is 0.190. The van der Waals surface area contributed by atoms with E-state index in [1.54, 1.807) is 41.4 Å². The van der Waals surface area contributed by atoms with Gasteiger partial charge < -0.3 is 15.2 Å². The highest BCUT2D eigenvalue weighted by molar-refractivity contribution is 6.38. The Morgan fingerprint density at radius 2 is 1.68 bits per heavy atom. The fourth-order valence-corrected chi connectivity index (χ4v) is 5.20. The molecule has 0 saturated heterocycles. The molecule has 202 valence electrons. The first kappa shape index (κ1) is 26.0. The predicted octanol–water partition coefficient (Wildman–Crippen LogP) is 6.38. The van der Waals surface area contributed by atoms with Gasteiger partial charge in [0.2, 0.25) is 0 Å². The number of aliphatic carboxylic acids is 1. The van der Waals surface area contributed by atoms with E-state index in [1.807, 2.05) is 54.6 Å². The Balaban J connectivity index is 1.31. The van der Waals surface area contributed by atoms with Crippen molar-refractivity contribution in [1.29, 1.82) is 0 Å². The summed E-state index contributed by atoms with van der Waals surface area (Å²) < 4.78 is 7.00. The largest absolute Gasteiger partial charge is 0.496 e. The Hall–Kier alpha value is -5.21. The molecule has 0 aliphatic carbocycles. The summed E-state index contributed by atoms with van der Waals surface area (Å²) in [6.45, 7) is 0. The second-order valence-corrected chi connectivity index (χ2v) is 9.90. The van der Waals surface area contributed by atoms with Crippen molar-refractivity contribution in [1.82, 2.24) is 14.8 Å². The van der Waals surface area contributed by atoms with Gasteiger partial charge in [-0.2, -0.15) is 5.10 Å². The third-order valence-corrected chi connectivity index (χ3v) is 7.24. The maximum absolute atomic E-state index is 12.9. The third-order valence-electron chi connectivity index (χ3n) is 6.93. The van der Waals surface area contributed by atoms with Gasteiger partial charge in [-0.05, 0) is 64.7 Å². The van der Waals surface area contributed by atoms with Crippen molar-refractivity contribution in [2.24, 2.45) is 0 Å². The summed E-state index contributed by atoms with van der Waals surface area (Å²) in [4.78, 5) is 28.2. The van der Waals surface area contributed by atoms with Gasteiger partial charge in [0, 0.05) is 22.3 Å². The minimum atomic E-state index is -0.967. The van der Waals surface area contributed by atoms with Gasteiger partial charge in [-0.15, -0.1) is 0 Å².